The van der Waals surface area contributed by atoms with Crippen molar-refractivity contribution in [3.8, 4) is 5.75 Å². The van der Waals surface area contributed by atoms with Gasteiger partial charge < -0.3 is 19.6 Å². The molecule has 0 radical (unpaired) electrons. The molecule has 2 aromatic carbocycles. The zero-order valence-corrected chi connectivity index (χ0v) is 18.4. The van der Waals surface area contributed by atoms with E-state index in [9.17, 15) is 14.7 Å². The number of carbonyl (C=O) groups is 2. The molecule has 5 rings (SSSR count). The minimum Gasteiger partial charge on any atom is -0.496 e. The molecule has 1 saturated heterocycles. The lowest BCUT2D eigenvalue weighted by Crippen LogP contribution is -2.71. The number of ether oxygens (including phenoxy) is 1. The zero-order chi connectivity index (χ0) is 22.2. The van der Waals surface area contributed by atoms with Gasteiger partial charge in [0.25, 0.3) is 5.91 Å². The largest absolute Gasteiger partial charge is 0.496 e. The van der Waals surface area contributed by atoms with Crippen LogP contribution in [0.25, 0.3) is 0 Å². The van der Waals surface area contributed by atoms with Crippen molar-refractivity contribution in [1.82, 2.24) is 4.90 Å². The molecular weight excluding hydrogens is 404 g/mol. The number of para-hydroxylation sites is 2. The number of hydrogen-bond acceptors (Lipinski definition) is 4. The number of nitrogens with zero attached hydrogens (tertiary/aromatic N) is 2. The molecule has 3 aliphatic rings. The summed E-state index contributed by atoms with van der Waals surface area (Å²) in [5.74, 6) is 0.633. The van der Waals surface area contributed by atoms with Crippen molar-refractivity contribution in [1.29, 1.82) is 0 Å². The number of aliphatic hydroxyl groups excluding tert-OH is 1. The van der Waals surface area contributed by atoms with Crippen molar-refractivity contribution in [3.05, 3.63) is 59.7 Å². The average molecular weight is 435 g/mol. The van der Waals surface area contributed by atoms with Crippen LogP contribution in [0.4, 0.5) is 5.69 Å². The Hall–Kier alpha value is -2.86. The highest BCUT2D eigenvalue weighted by molar-refractivity contribution is 6.09. The zero-order valence-electron chi connectivity index (χ0n) is 18.4. The van der Waals surface area contributed by atoms with Crippen LogP contribution in [-0.4, -0.2) is 54.2 Å². The molecule has 0 bridgehead atoms. The molecule has 2 aromatic rings. The summed E-state index contributed by atoms with van der Waals surface area (Å²) in [4.78, 5) is 30.8. The van der Waals surface area contributed by atoms with E-state index in [0.29, 0.717) is 17.9 Å². The highest BCUT2D eigenvalue weighted by atomic mass is 16.5. The summed E-state index contributed by atoms with van der Waals surface area (Å²) in [6.07, 6.45) is 5.21. The number of carbonyl (C=O) groups excluding carboxylic acids is 2. The molecule has 2 aliphatic heterocycles. The van der Waals surface area contributed by atoms with Crippen molar-refractivity contribution in [2.24, 2.45) is 5.92 Å². The summed E-state index contributed by atoms with van der Waals surface area (Å²) in [7, 11) is 1.56. The normalized spacial score (nSPS) is 24.9. The number of anilines is 1. The van der Waals surface area contributed by atoms with Gasteiger partial charge in [-0.05, 0) is 36.6 Å². The maximum absolute atomic E-state index is 13.6. The van der Waals surface area contributed by atoms with E-state index in [4.69, 9.17) is 4.74 Å². The molecule has 0 aromatic heterocycles. The second-order valence-corrected chi connectivity index (χ2v) is 9.10. The van der Waals surface area contributed by atoms with Gasteiger partial charge in [-0.1, -0.05) is 49.6 Å². The van der Waals surface area contributed by atoms with E-state index >= 15 is 0 Å². The molecule has 3 atom stereocenters. The van der Waals surface area contributed by atoms with Gasteiger partial charge in [-0.3, -0.25) is 9.59 Å². The van der Waals surface area contributed by atoms with Crippen molar-refractivity contribution in [3.63, 3.8) is 0 Å². The second-order valence-electron chi connectivity index (χ2n) is 9.10. The lowest BCUT2D eigenvalue weighted by Gasteiger charge is -2.59. The van der Waals surface area contributed by atoms with Crippen molar-refractivity contribution < 1.29 is 19.4 Å². The molecule has 1 N–H and O–H groups in total. The monoisotopic (exact) mass is 434 g/mol. The van der Waals surface area contributed by atoms with Crippen LogP contribution in [0.1, 0.15) is 53.9 Å². The molecule has 168 valence electrons. The van der Waals surface area contributed by atoms with Crippen molar-refractivity contribution in [2.45, 2.75) is 50.1 Å². The highest BCUT2D eigenvalue weighted by Gasteiger charge is 2.56. The van der Waals surface area contributed by atoms with Crippen LogP contribution in [0.5, 0.6) is 5.75 Å². The maximum Gasteiger partial charge on any atom is 0.262 e. The maximum atomic E-state index is 13.6. The number of aliphatic hydroxyl groups is 1. The summed E-state index contributed by atoms with van der Waals surface area (Å²) in [6.45, 7) is 0.363. The quantitative estimate of drug-likeness (QED) is 0.798. The number of benzene rings is 2. The second kappa shape index (κ2) is 8.58. The molecule has 1 saturated carbocycles. The van der Waals surface area contributed by atoms with E-state index in [2.05, 4.69) is 0 Å². The molecule has 6 heteroatoms. The fourth-order valence-electron chi connectivity index (χ4n) is 5.91. The van der Waals surface area contributed by atoms with Gasteiger partial charge in [0.15, 0.2) is 0 Å². The Balaban J connectivity index is 1.50. The number of rotatable bonds is 4. The van der Waals surface area contributed by atoms with Crippen LogP contribution in [0.3, 0.4) is 0 Å². The van der Waals surface area contributed by atoms with Crippen molar-refractivity contribution in [2.75, 3.05) is 25.2 Å². The van der Waals surface area contributed by atoms with E-state index in [1.165, 1.54) is 6.42 Å². The Labute approximate surface area is 188 Å². The predicted octanol–water partition coefficient (Wildman–Crippen LogP) is 3.59. The Bertz CT molecular complexity index is 1020. The lowest BCUT2D eigenvalue weighted by atomic mass is 9.70. The van der Waals surface area contributed by atoms with E-state index in [0.717, 1.165) is 36.9 Å². The van der Waals surface area contributed by atoms with Crippen LogP contribution < -0.4 is 9.64 Å². The molecule has 1 aliphatic carbocycles. The summed E-state index contributed by atoms with van der Waals surface area (Å²) in [5, 5.41) is 10.2. The summed E-state index contributed by atoms with van der Waals surface area (Å²) >= 11 is 0. The first kappa shape index (κ1) is 21.0. The molecule has 2 amide bonds. The van der Waals surface area contributed by atoms with Gasteiger partial charge in [-0.25, -0.2) is 0 Å². The van der Waals surface area contributed by atoms with Gasteiger partial charge in [-0.15, -0.1) is 0 Å². The summed E-state index contributed by atoms with van der Waals surface area (Å²) in [5.41, 5.74) is 2.39. The van der Waals surface area contributed by atoms with E-state index in [1.54, 1.807) is 24.1 Å². The number of methoxy groups -OCH3 is 1. The smallest absolute Gasteiger partial charge is 0.262 e. The third-order valence-electron chi connectivity index (χ3n) is 7.48. The molecular formula is C26H30N2O4. The fourth-order valence-corrected chi connectivity index (χ4v) is 5.91. The molecule has 0 unspecified atom stereocenters. The van der Waals surface area contributed by atoms with Gasteiger partial charge in [-0.2, -0.15) is 0 Å². The Kier molecular flexibility index (Phi) is 5.64. The summed E-state index contributed by atoms with van der Waals surface area (Å²) < 4.78 is 5.44. The van der Waals surface area contributed by atoms with Gasteiger partial charge in [0.05, 0.1) is 31.4 Å². The number of fused-ring (bicyclic) bond motifs is 3. The standard InChI is InChI=1S/C26H30N2O4/c1-32-23-14-8-6-12-19(23)26(31)27-15-21-24(18-11-5-7-13-20(18)27)22(16-29)28(21)25(30)17-9-3-2-4-10-17/h5-8,11-14,17,21-22,24,29H,2-4,9-10,15-16H2,1H3/t21-,22+,24+/m1/s1. The first-order valence-corrected chi connectivity index (χ1v) is 11.6. The SMILES string of the molecule is COc1ccccc1C(=O)N1C[C@@H]2[C@H](c3ccccc31)[C@H](CO)N2C(=O)C1CCCCC1. The molecule has 32 heavy (non-hydrogen) atoms. The fraction of sp³-hybridized carbons (Fsp3) is 0.462. The van der Waals surface area contributed by atoms with E-state index < -0.39 is 0 Å². The van der Waals surface area contributed by atoms with Crippen LogP contribution in [-0.2, 0) is 4.79 Å². The van der Waals surface area contributed by atoms with Gasteiger partial charge in [0.2, 0.25) is 5.91 Å². The third-order valence-corrected chi connectivity index (χ3v) is 7.48. The van der Waals surface area contributed by atoms with Gasteiger partial charge in [0.1, 0.15) is 5.75 Å². The van der Waals surface area contributed by atoms with Gasteiger partial charge >= 0.3 is 0 Å². The molecule has 6 nitrogen and oxygen atoms in total. The van der Waals surface area contributed by atoms with Crippen LogP contribution in [0.2, 0.25) is 0 Å². The first-order chi connectivity index (χ1) is 15.7. The van der Waals surface area contributed by atoms with Gasteiger partial charge in [0, 0.05) is 24.1 Å². The van der Waals surface area contributed by atoms with Crippen LogP contribution >= 0.6 is 0 Å². The van der Waals surface area contributed by atoms with Crippen LogP contribution in [0.15, 0.2) is 48.5 Å². The van der Waals surface area contributed by atoms with E-state index in [-0.39, 0.29) is 42.3 Å². The minimum atomic E-state index is -0.223. The van der Waals surface area contributed by atoms with E-state index in [1.807, 2.05) is 41.3 Å². The topological polar surface area (TPSA) is 70.1 Å². The number of hydrogen-bond donors (Lipinski definition) is 1. The van der Waals surface area contributed by atoms with Crippen molar-refractivity contribution >= 4 is 17.5 Å². The Morgan fingerprint density at radius 1 is 1.03 bits per heavy atom. The summed E-state index contributed by atoms with van der Waals surface area (Å²) in [6, 6.07) is 14.8. The predicted molar refractivity (Wildman–Crippen MR) is 122 cm³/mol. The first-order valence-electron chi connectivity index (χ1n) is 11.6. The lowest BCUT2D eigenvalue weighted by molar-refractivity contribution is -0.156. The Morgan fingerprint density at radius 2 is 1.75 bits per heavy atom. The molecule has 2 fully saturated rings. The Morgan fingerprint density at radius 3 is 2.50 bits per heavy atom. The molecule has 0 spiro atoms. The highest BCUT2D eigenvalue weighted by Crippen LogP contribution is 2.49. The number of likely N-dealkylation sites (tertiary alicyclic amines) is 1. The molecule has 2 heterocycles. The average Bonchev–Trinajstić information content (AvgIpc) is 2.84. The number of amides is 2. The minimum absolute atomic E-state index is 0.0364. The third kappa shape index (κ3) is 3.28. The van der Waals surface area contributed by atoms with Crippen LogP contribution in [0, 0.1) is 5.92 Å².